The van der Waals surface area contributed by atoms with Gasteiger partial charge in [0, 0.05) is 97.0 Å². The zero-order valence-electron chi connectivity index (χ0n) is 41.3. The summed E-state index contributed by atoms with van der Waals surface area (Å²) in [6, 6.07) is 10.9. The molecule has 1 aliphatic carbocycles. The lowest BCUT2D eigenvalue weighted by molar-refractivity contribution is 0.385. The van der Waals surface area contributed by atoms with Crippen LogP contribution in [0.1, 0.15) is 87.3 Å². The molecule has 16 nitrogen and oxygen atoms in total. The van der Waals surface area contributed by atoms with Gasteiger partial charge in [-0.2, -0.15) is 24.3 Å². The van der Waals surface area contributed by atoms with E-state index in [0.29, 0.717) is 0 Å². The Morgan fingerprint density at radius 3 is 1.50 bits per heavy atom. The monoisotopic (exact) mass is 1010 g/mol. The molecular formula is C49H73IN16. The summed E-state index contributed by atoms with van der Waals surface area (Å²) in [6.07, 6.45) is 12.2. The van der Waals surface area contributed by atoms with Crippen LogP contribution < -0.4 is 31.9 Å². The molecule has 8 rings (SSSR count). The molecule has 7 heterocycles. The largest absolute Gasteiger partial charge is 0.357 e. The average molecular weight is 1010 g/mol. The van der Waals surface area contributed by atoms with Gasteiger partial charge >= 0.3 is 0 Å². The minimum absolute atomic E-state index is 0.281. The Bertz CT molecular complexity index is 2590. The third-order valence-corrected chi connectivity index (χ3v) is 12.4. The van der Waals surface area contributed by atoms with Crippen molar-refractivity contribution in [3.63, 3.8) is 0 Å². The normalized spacial score (nSPS) is 14.5. The van der Waals surface area contributed by atoms with Gasteiger partial charge in [-0.1, -0.05) is 12.8 Å². The van der Waals surface area contributed by atoms with Crippen molar-refractivity contribution in [2.75, 3.05) is 63.2 Å². The van der Waals surface area contributed by atoms with Gasteiger partial charge in [0.25, 0.3) is 0 Å². The molecular weight excluding hydrogens is 940 g/mol. The van der Waals surface area contributed by atoms with E-state index in [1.165, 1.54) is 12.8 Å². The highest BCUT2D eigenvalue weighted by molar-refractivity contribution is 14.1. The van der Waals surface area contributed by atoms with Crippen molar-refractivity contribution in [2.45, 2.75) is 107 Å². The van der Waals surface area contributed by atoms with Gasteiger partial charge in [0.2, 0.25) is 0 Å². The molecule has 0 aromatic carbocycles. The Hall–Kier alpha value is -5.08. The quantitative estimate of drug-likeness (QED) is 0.0695. The number of nitrogens with one attached hydrogen (secondary N) is 2. The summed E-state index contributed by atoms with van der Waals surface area (Å²) in [7, 11) is 3.88. The Kier molecular flexibility index (Phi) is 19.4. The predicted molar refractivity (Wildman–Crippen MR) is 280 cm³/mol. The molecule has 0 spiro atoms. The number of hydrogen-bond donors (Lipinski definition) is 4. The van der Waals surface area contributed by atoms with Crippen LogP contribution in [0, 0.1) is 45.1 Å². The van der Waals surface area contributed by atoms with E-state index in [0.717, 1.165) is 141 Å². The second kappa shape index (κ2) is 24.6. The van der Waals surface area contributed by atoms with Gasteiger partial charge in [-0.25, -0.2) is 14.6 Å². The number of nitrogens with zero attached hydrogens (tertiary/aromatic N) is 12. The van der Waals surface area contributed by atoms with Gasteiger partial charge in [0.1, 0.15) is 11.6 Å². The summed E-state index contributed by atoms with van der Waals surface area (Å²) in [5.41, 5.74) is 23.9. The number of nitrogens with two attached hydrogens (primary N) is 2. The number of aromatic nitrogens is 10. The summed E-state index contributed by atoms with van der Waals surface area (Å²) in [6.45, 7) is 26.7. The minimum atomic E-state index is 0.281. The van der Waals surface area contributed by atoms with E-state index in [1.54, 1.807) is 6.20 Å². The molecule has 0 bridgehead atoms. The molecule has 7 aromatic heterocycles. The summed E-state index contributed by atoms with van der Waals surface area (Å²) < 4.78 is 6.86. The molecule has 356 valence electrons. The molecule has 0 unspecified atom stereocenters. The number of anilines is 2. The SMILES string of the molecule is CCN(CC)c1cc(C)nc2c(-c3ncc(-n4cccn4)cc3C)c(C)nn12.CCN(CC)c1cc(C)nc2c(-c3ncc(I)cc3C)c(C)nn12.CNCCNC.N[C@@H]1CCCC[C@H]1N. The number of likely N-dealkylation sites (N-methyl/N-ethyl adjacent to an activating group) is 2. The zero-order valence-corrected chi connectivity index (χ0v) is 43.5. The van der Waals surface area contributed by atoms with Crippen LogP contribution in [0.5, 0.6) is 0 Å². The van der Waals surface area contributed by atoms with Gasteiger partial charge in [-0.3, -0.25) is 9.97 Å². The molecule has 0 radical (unpaired) electrons. The van der Waals surface area contributed by atoms with E-state index in [1.807, 2.05) is 80.2 Å². The van der Waals surface area contributed by atoms with Gasteiger partial charge in [0.05, 0.1) is 45.8 Å². The fourth-order valence-electron chi connectivity index (χ4n) is 8.16. The molecule has 0 amide bonds. The van der Waals surface area contributed by atoms with Crippen molar-refractivity contribution in [1.82, 2.24) is 59.6 Å². The Balaban J connectivity index is 0.000000193. The first kappa shape index (κ1) is 51.9. The predicted octanol–water partition coefficient (Wildman–Crippen LogP) is 7.56. The van der Waals surface area contributed by atoms with Crippen LogP contribution in [0.25, 0.3) is 39.5 Å². The van der Waals surface area contributed by atoms with Crippen LogP contribution in [-0.4, -0.2) is 114 Å². The second-order valence-electron chi connectivity index (χ2n) is 16.7. The highest BCUT2D eigenvalue weighted by Crippen LogP contribution is 2.33. The summed E-state index contributed by atoms with van der Waals surface area (Å²) in [5, 5.41) is 19.9. The lowest BCUT2D eigenvalue weighted by Crippen LogP contribution is -2.43. The smallest absolute Gasteiger partial charge is 0.167 e. The fourth-order valence-corrected chi connectivity index (χ4v) is 8.77. The Morgan fingerprint density at radius 1 is 0.667 bits per heavy atom. The lowest BCUT2D eigenvalue weighted by atomic mass is 9.92. The number of fused-ring (bicyclic) bond motifs is 2. The van der Waals surface area contributed by atoms with Crippen molar-refractivity contribution in [2.24, 2.45) is 11.5 Å². The first-order valence-electron chi connectivity index (χ1n) is 23.3. The van der Waals surface area contributed by atoms with Crippen LogP contribution in [-0.2, 0) is 0 Å². The van der Waals surface area contributed by atoms with Crippen LogP contribution in [0.4, 0.5) is 11.6 Å². The van der Waals surface area contributed by atoms with Crippen LogP contribution >= 0.6 is 22.6 Å². The first-order valence-corrected chi connectivity index (χ1v) is 24.4. The highest BCUT2D eigenvalue weighted by Gasteiger charge is 2.22. The van der Waals surface area contributed by atoms with Gasteiger partial charge < -0.3 is 31.9 Å². The van der Waals surface area contributed by atoms with E-state index in [4.69, 9.17) is 36.6 Å². The third-order valence-electron chi connectivity index (χ3n) is 11.8. The topological polar surface area (TPSA) is 187 Å². The second-order valence-corrected chi connectivity index (χ2v) is 17.9. The van der Waals surface area contributed by atoms with Gasteiger partial charge in [-0.15, -0.1) is 0 Å². The Labute approximate surface area is 405 Å². The molecule has 1 fully saturated rings. The maximum absolute atomic E-state index is 5.65. The molecule has 1 aliphatic rings. The van der Waals surface area contributed by atoms with Crippen LogP contribution in [0.3, 0.4) is 0 Å². The number of hydrogen-bond acceptors (Lipinski definition) is 13. The zero-order chi connectivity index (χ0) is 48.1. The van der Waals surface area contributed by atoms with Crippen molar-refractivity contribution < 1.29 is 0 Å². The minimum Gasteiger partial charge on any atom is -0.357 e. The number of rotatable bonds is 12. The van der Waals surface area contributed by atoms with Crippen molar-refractivity contribution >= 4 is 45.5 Å². The van der Waals surface area contributed by atoms with Crippen molar-refractivity contribution in [3.8, 4) is 28.2 Å². The molecule has 66 heavy (non-hydrogen) atoms. The molecule has 1 saturated carbocycles. The summed E-state index contributed by atoms with van der Waals surface area (Å²) >= 11 is 2.29. The van der Waals surface area contributed by atoms with E-state index in [-0.39, 0.29) is 12.1 Å². The molecule has 6 N–H and O–H groups in total. The number of aryl methyl sites for hydroxylation is 6. The number of halogens is 1. The van der Waals surface area contributed by atoms with Gasteiger partial charge in [-0.05, 0) is 148 Å². The fraction of sp³-hybridized carbons (Fsp3) is 0.490. The molecule has 17 heteroatoms. The Morgan fingerprint density at radius 2 is 1.12 bits per heavy atom. The standard InChI is InChI=1S/C21H25N7.C18H22IN5.C6H14N2.C4H12N2/c1-6-26(7-2)18-12-15(4)24-21-19(16(5)25-28(18)21)20-14(3)11-17(13-22-20)27-10-8-9-23-27;1-6-23(7-2)15-9-12(4)21-18-16(13(5)22-24(15)18)17-11(3)8-14(19)10-20-17;7-5-3-1-2-4-6(5)8;1-5-3-4-6-2/h8-13H,6-7H2,1-5H3;8-10H,6-7H2,1-5H3;5-6H,1-4,7-8H2;5-6H,3-4H2,1-2H3/t;;5-,6-;/m..1./s1. The van der Waals surface area contributed by atoms with E-state index in [9.17, 15) is 0 Å². The van der Waals surface area contributed by atoms with Crippen molar-refractivity contribution in [1.29, 1.82) is 0 Å². The molecule has 0 saturated heterocycles. The first-order chi connectivity index (χ1) is 31.7. The third kappa shape index (κ3) is 12.5. The van der Waals surface area contributed by atoms with Crippen LogP contribution in [0.2, 0.25) is 0 Å². The molecule has 7 aromatic rings. The molecule has 2 atom stereocenters. The van der Waals surface area contributed by atoms with Crippen molar-refractivity contribution in [3.05, 3.63) is 92.6 Å². The lowest BCUT2D eigenvalue weighted by Gasteiger charge is -2.24. The number of pyridine rings is 2. The summed E-state index contributed by atoms with van der Waals surface area (Å²) in [4.78, 5) is 23.6. The summed E-state index contributed by atoms with van der Waals surface area (Å²) in [5.74, 6) is 2.15. The maximum Gasteiger partial charge on any atom is 0.167 e. The highest BCUT2D eigenvalue weighted by atomic mass is 127. The molecule has 0 aliphatic heterocycles. The van der Waals surface area contributed by atoms with E-state index >= 15 is 0 Å². The van der Waals surface area contributed by atoms with Crippen LogP contribution in [0.15, 0.2) is 55.1 Å². The van der Waals surface area contributed by atoms with E-state index < -0.39 is 0 Å². The van der Waals surface area contributed by atoms with E-state index in [2.05, 4.69) is 119 Å². The van der Waals surface area contributed by atoms with Gasteiger partial charge in [0.15, 0.2) is 11.3 Å². The maximum atomic E-state index is 5.65. The average Bonchev–Trinajstić information content (AvgIpc) is 4.03.